The fourth-order valence-electron chi connectivity index (χ4n) is 3.08. The monoisotopic (exact) mass is 483 g/mol. The Kier molecular flexibility index (Phi) is 7.83. The topological polar surface area (TPSA) is 72.7 Å². The number of aromatic nitrogens is 4. The second-order valence-electron chi connectivity index (χ2n) is 7.26. The van der Waals surface area contributed by atoms with Crippen molar-refractivity contribution in [1.82, 2.24) is 25.1 Å². The second kappa shape index (κ2) is 11.0. The Morgan fingerprint density at radius 2 is 1.91 bits per heavy atom. The van der Waals surface area contributed by atoms with Gasteiger partial charge in [-0.05, 0) is 31.0 Å². The van der Waals surface area contributed by atoms with E-state index in [2.05, 4.69) is 38.3 Å². The van der Waals surface area contributed by atoms with E-state index < -0.39 is 0 Å². The summed E-state index contributed by atoms with van der Waals surface area (Å²) in [6.45, 7) is 5.30. The molecule has 0 aliphatic rings. The van der Waals surface area contributed by atoms with Crippen LogP contribution in [0.1, 0.15) is 31.7 Å². The molecule has 1 unspecified atom stereocenters. The van der Waals surface area contributed by atoms with Crippen molar-refractivity contribution >= 4 is 51.0 Å². The van der Waals surface area contributed by atoms with Crippen LogP contribution < -0.4 is 5.32 Å². The van der Waals surface area contributed by atoms with Gasteiger partial charge in [-0.2, -0.15) is 0 Å². The minimum Gasteiger partial charge on any atom is -0.355 e. The Labute approximate surface area is 200 Å². The van der Waals surface area contributed by atoms with Gasteiger partial charge in [0.2, 0.25) is 5.91 Å². The molecule has 0 fully saturated rings. The van der Waals surface area contributed by atoms with Crippen molar-refractivity contribution in [2.75, 3.05) is 6.54 Å². The molecule has 2 aromatic heterocycles. The molecule has 4 aromatic rings. The molecule has 1 amide bonds. The van der Waals surface area contributed by atoms with E-state index in [0.717, 1.165) is 27.3 Å². The molecule has 0 saturated carbocycles. The average molecular weight is 484 g/mol. The van der Waals surface area contributed by atoms with E-state index in [-0.39, 0.29) is 11.2 Å². The number of nitrogens with one attached hydrogen (secondary N) is 1. The third kappa shape index (κ3) is 5.70. The molecule has 4 rings (SSSR count). The number of hydrogen-bond donors (Lipinski definition) is 1. The van der Waals surface area contributed by atoms with Gasteiger partial charge in [-0.1, -0.05) is 72.9 Å². The summed E-state index contributed by atoms with van der Waals surface area (Å²) in [4.78, 5) is 17.1. The van der Waals surface area contributed by atoms with Crippen molar-refractivity contribution < 1.29 is 4.79 Å². The Balaban J connectivity index is 1.53. The van der Waals surface area contributed by atoms with Gasteiger partial charge in [-0.25, -0.2) is 4.98 Å². The molecule has 0 saturated heterocycles. The van der Waals surface area contributed by atoms with Gasteiger partial charge in [0, 0.05) is 6.54 Å². The van der Waals surface area contributed by atoms with Gasteiger partial charge in [0.25, 0.3) is 0 Å². The van der Waals surface area contributed by atoms with Gasteiger partial charge >= 0.3 is 0 Å². The zero-order valence-corrected chi connectivity index (χ0v) is 20.5. The number of benzene rings is 2. The minimum atomic E-state index is -0.245. The molecular weight excluding hydrogens is 458 g/mol. The van der Waals surface area contributed by atoms with Crippen molar-refractivity contribution in [3.63, 3.8) is 0 Å². The number of fused-ring (bicyclic) bond motifs is 1. The lowest BCUT2D eigenvalue weighted by Gasteiger charge is -2.13. The largest absolute Gasteiger partial charge is 0.355 e. The van der Waals surface area contributed by atoms with Gasteiger partial charge in [0.1, 0.15) is 5.82 Å². The van der Waals surface area contributed by atoms with Gasteiger partial charge in [-0.15, -0.1) is 21.5 Å². The maximum Gasteiger partial charge on any atom is 0.233 e. The molecular formula is C23H25N5OS3. The predicted molar refractivity (Wildman–Crippen MR) is 133 cm³/mol. The number of rotatable bonds is 10. The lowest BCUT2D eigenvalue weighted by atomic mass is 10.2. The summed E-state index contributed by atoms with van der Waals surface area (Å²) in [5.74, 6) is 1.56. The van der Waals surface area contributed by atoms with E-state index in [0.29, 0.717) is 18.8 Å². The van der Waals surface area contributed by atoms with Crippen LogP contribution in [0.5, 0.6) is 0 Å². The number of thiazole rings is 1. The quantitative estimate of drug-likeness (QED) is 0.311. The van der Waals surface area contributed by atoms with Crippen molar-refractivity contribution in [2.45, 2.75) is 47.3 Å². The number of carbonyl (C=O) groups excluding carboxylic acids is 1. The first-order valence-electron chi connectivity index (χ1n) is 10.5. The van der Waals surface area contributed by atoms with Gasteiger partial charge in [0.15, 0.2) is 9.50 Å². The van der Waals surface area contributed by atoms with Crippen LogP contribution in [0, 0.1) is 0 Å². The van der Waals surface area contributed by atoms with Crippen molar-refractivity contribution in [3.05, 3.63) is 66.0 Å². The Morgan fingerprint density at radius 1 is 1.12 bits per heavy atom. The van der Waals surface area contributed by atoms with Crippen LogP contribution in [-0.4, -0.2) is 37.5 Å². The number of para-hydroxylation sites is 1. The normalized spacial score (nSPS) is 12.2. The highest BCUT2D eigenvalue weighted by molar-refractivity contribution is 8.00. The van der Waals surface area contributed by atoms with E-state index in [1.165, 1.54) is 22.0 Å². The van der Waals surface area contributed by atoms with Crippen LogP contribution in [0.3, 0.4) is 0 Å². The summed E-state index contributed by atoms with van der Waals surface area (Å²) >= 11 is 4.81. The fourth-order valence-corrected chi connectivity index (χ4v) is 5.98. The number of hydrogen-bond acceptors (Lipinski definition) is 7. The third-order valence-electron chi connectivity index (χ3n) is 4.78. The Bertz CT molecular complexity index is 1140. The summed E-state index contributed by atoms with van der Waals surface area (Å²) in [6.07, 6.45) is 0.917. The van der Waals surface area contributed by atoms with Gasteiger partial charge in [-0.3, -0.25) is 4.79 Å². The maximum absolute atomic E-state index is 12.4. The van der Waals surface area contributed by atoms with Crippen molar-refractivity contribution in [1.29, 1.82) is 0 Å². The minimum absolute atomic E-state index is 0.0245. The fraction of sp³-hybridized carbons (Fsp3) is 0.304. The first kappa shape index (κ1) is 22.8. The molecule has 166 valence electrons. The van der Waals surface area contributed by atoms with E-state index in [9.17, 15) is 4.79 Å². The van der Waals surface area contributed by atoms with Crippen LogP contribution >= 0.6 is 34.9 Å². The highest BCUT2D eigenvalue weighted by Crippen LogP contribution is 2.32. The van der Waals surface area contributed by atoms with Crippen LogP contribution in [0.2, 0.25) is 0 Å². The molecule has 1 N–H and O–H groups in total. The van der Waals surface area contributed by atoms with Crippen LogP contribution in [-0.2, 0) is 17.1 Å². The third-order valence-corrected chi connectivity index (χ3v) is 8.03. The van der Waals surface area contributed by atoms with Gasteiger partial charge in [0.05, 0.1) is 27.8 Å². The second-order valence-corrected chi connectivity index (χ2v) is 10.8. The zero-order valence-electron chi connectivity index (χ0n) is 18.0. The summed E-state index contributed by atoms with van der Waals surface area (Å²) in [5, 5.41) is 12.4. The number of amides is 1. The van der Waals surface area contributed by atoms with Crippen LogP contribution in [0.15, 0.2) is 64.1 Å². The number of thioether (sulfide) groups is 2. The highest BCUT2D eigenvalue weighted by Gasteiger charge is 2.20. The van der Waals surface area contributed by atoms with Crippen LogP contribution in [0.4, 0.5) is 0 Å². The van der Waals surface area contributed by atoms with Crippen molar-refractivity contribution in [3.8, 4) is 0 Å². The summed E-state index contributed by atoms with van der Waals surface area (Å²) in [7, 11) is 0. The van der Waals surface area contributed by atoms with E-state index >= 15 is 0 Å². The molecule has 2 aromatic carbocycles. The summed E-state index contributed by atoms with van der Waals surface area (Å²) in [6, 6.07) is 18.4. The molecule has 6 nitrogen and oxygen atoms in total. The first-order valence-corrected chi connectivity index (χ1v) is 13.2. The Morgan fingerprint density at radius 3 is 2.69 bits per heavy atom. The molecule has 1 atom stereocenters. The predicted octanol–water partition coefficient (Wildman–Crippen LogP) is 5.24. The molecule has 0 radical (unpaired) electrons. The molecule has 0 aliphatic heterocycles. The molecule has 32 heavy (non-hydrogen) atoms. The Hall–Kier alpha value is -2.36. The molecule has 2 heterocycles. The summed E-state index contributed by atoms with van der Waals surface area (Å²) in [5.41, 5.74) is 2.19. The van der Waals surface area contributed by atoms with E-state index in [1.807, 2.05) is 50.2 Å². The molecule has 0 bridgehead atoms. The average Bonchev–Trinajstić information content (AvgIpc) is 3.40. The zero-order chi connectivity index (χ0) is 22.3. The number of nitrogens with zero attached hydrogens (tertiary/aromatic N) is 4. The maximum atomic E-state index is 12.4. The molecule has 0 spiro atoms. The van der Waals surface area contributed by atoms with E-state index in [4.69, 9.17) is 4.98 Å². The lowest BCUT2D eigenvalue weighted by molar-refractivity contribution is -0.120. The van der Waals surface area contributed by atoms with Crippen LogP contribution in [0.25, 0.3) is 10.2 Å². The first-order chi connectivity index (χ1) is 15.6. The number of carbonyl (C=O) groups is 1. The smallest absolute Gasteiger partial charge is 0.233 e. The van der Waals surface area contributed by atoms with E-state index in [1.54, 1.807) is 23.1 Å². The molecule has 0 aliphatic carbocycles. The van der Waals surface area contributed by atoms with Gasteiger partial charge < -0.3 is 9.88 Å². The lowest BCUT2D eigenvalue weighted by Crippen LogP contribution is -2.31. The summed E-state index contributed by atoms with van der Waals surface area (Å²) < 4.78 is 4.31. The van der Waals surface area contributed by atoms with Crippen molar-refractivity contribution in [2.24, 2.45) is 0 Å². The standard InChI is InChI=1S/C23H25N5OS3/c1-3-13-24-21(29)16(2)31-22-27-26-20(28(22)14-17-9-5-4-6-10-17)15-30-23-25-18-11-7-8-12-19(18)32-23/h4-12,16H,3,13-15H2,1-2H3,(H,24,29). The SMILES string of the molecule is CCCNC(=O)C(C)Sc1nnc(CSc2nc3ccccc3s2)n1Cc1ccccc1. The highest BCUT2D eigenvalue weighted by atomic mass is 32.2. The molecule has 9 heteroatoms.